The molecule has 1 N–H and O–H groups in total. The number of sulfonamides is 1. The number of halogens is 7. The number of carbonyl (C=O) groups excluding carboxylic acids is 1. The highest BCUT2D eigenvalue weighted by molar-refractivity contribution is 7.89. The molecule has 1 aliphatic rings. The Morgan fingerprint density at radius 2 is 1.72 bits per heavy atom. The number of ether oxygens (including phenoxy) is 2. The lowest BCUT2D eigenvalue weighted by Crippen LogP contribution is -2.49. The number of likely N-dealkylation sites (tertiary alicyclic amines) is 1. The zero-order chi connectivity index (χ0) is 24.3. The van der Waals surface area contributed by atoms with Crippen LogP contribution >= 0.6 is 0 Å². The number of piperidine rings is 1. The normalized spacial score (nSPS) is 16.3. The zero-order valence-electron chi connectivity index (χ0n) is 16.5. The summed E-state index contributed by atoms with van der Waals surface area (Å²) in [5, 5.41) is 0. The number of rotatable bonds is 6. The maximum atomic E-state index is 13.4. The molecule has 32 heavy (non-hydrogen) atoms. The van der Waals surface area contributed by atoms with Gasteiger partial charge in [0.05, 0.1) is 12.0 Å². The van der Waals surface area contributed by atoms with Crippen molar-refractivity contribution in [3.05, 3.63) is 24.0 Å². The molecule has 0 aliphatic carbocycles. The monoisotopic (exact) mass is 496 g/mol. The van der Waals surface area contributed by atoms with Crippen LogP contribution in [0.15, 0.2) is 23.1 Å². The molecule has 1 amide bonds. The van der Waals surface area contributed by atoms with Crippen LogP contribution in [0, 0.1) is 11.7 Å². The highest BCUT2D eigenvalue weighted by atomic mass is 32.2. The van der Waals surface area contributed by atoms with E-state index in [-0.39, 0.29) is 49.0 Å². The first-order valence-corrected chi connectivity index (χ1v) is 10.6. The second-order valence-corrected chi connectivity index (χ2v) is 8.69. The van der Waals surface area contributed by atoms with Gasteiger partial charge in [-0.2, -0.15) is 26.3 Å². The van der Waals surface area contributed by atoms with Gasteiger partial charge in [0.1, 0.15) is 0 Å². The smallest absolute Gasteiger partial charge is 0.434 e. The first kappa shape index (κ1) is 26.0. The van der Waals surface area contributed by atoms with Crippen LogP contribution in [0.5, 0.6) is 5.75 Å². The fourth-order valence-electron chi connectivity index (χ4n) is 2.93. The van der Waals surface area contributed by atoms with Crippen LogP contribution < -0.4 is 9.46 Å². The minimum Gasteiger partial charge on any atom is -0.494 e. The Hall–Kier alpha value is -2.29. The number of alkyl halides is 6. The average molecular weight is 496 g/mol. The van der Waals surface area contributed by atoms with Gasteiger partial charge >= 0.3 is 18.4 Å². The maximum Gasteiger partial charge on any atom is 0.434 e. The Balaban J connectivity index is 1.91. The number of methoxy groups -OCH3 is 1. The summed E-state index contributed by atoms with van der Waals surface area (Å²) in [7, 11) is -2.88. The van der Waals surface area contributed by atoms with Gasteiger partial charge in [-0.15, -0.1) is 0 Å². The highest BCUT2D eigenvalue weighted by Crippen LogP contribution is 2.36. The average Bonchev–Trinajstić information content (AvgIpc) is 2.69. The van der Waals surface area contributed by atoms with Crippen molar-refractivity contribution in [2.24, 2.45) is 5.92 Å². The Kier molecular flexibility index (Phi) is 7.86. The molecule has 182 valence electrons. The van der Waals surface area contributed by atoms with E-state index in [1.54, 1.807) is 0 Å². The molecule has 0 atom stereocenters. The summed E-state index contributed by atoms with van der Waals surface area (Å²) in [6.07, 6.45) is -17.4. The van der Waals surface area contributed by atoms with Gasteiger partial charge in [0.15, 0.2) is 11.6 Å². The first-order chi connectivity index (χ1) is 14.6. The maximum absolute atomic E-state index is 13.4. The molecule has 1 saturated heterocycles. The standard InChI is InChI=1S/C17H19F7N2O5S/c1-30-13-8-11(2-3-12(13)18)32(28,29)25-9-10-4-6-26(7-5-10)15(27)31-14(16(19,20)21)17(22,23)24/h2-3,8,10,14,25H,4-7,9H2,1H3. The summed E-state index contributed by atoms with van der Waals surface area (Å²) < 4.78 is 124. The Labute approximate surface area is 178 Å². The molecule has 0 radical (unpaired) electrons. The second kappa shape index (κ2) is 9.68. The molecule has 0 saturated carbocycles. The van der Waals surface area contributed by atoms with Gasteiger partial charge in [-0.3, -0.25) is 0 Å². The lowest BCUT2D eigenvalue weighted by Gasteiger charge is -2.33. The van der Waals surface area contributed by atoms with Crippen molar-refractivity contribution in [2.75, 3.05) is 26.7 Å². The van der Waals surface area contributed by atoms with Crippen LogP contribution in [0.1, 0.15) is 12.8 Å². The van der Waals surface area contributed by atoms with Crippen LogP contribution in [-0.2, 0) is 14.8 Å². The van der Waals surface area contributed by atoms with E-state index in [9.17, 15) is 43.9 Å². The molecule has 1 fully saturated rings. The van der Waals surface area contributed by atoms with Gasteiger partial charge in [-0.25, -0.2) is 22.3 Å². The number of benzene rings is 1. The van der Waals surface area contributed by atoms with Gasteiger partial charge in [-0.1, -0.05) is 0 Å². The van der Waals surface area contributed by atoms with Crippen LogP contribution in [0.3, 0.4) is 0 Å². The van der Waals surface area contributed by atoms with Gasteiger partial charge < -0.3 is 14.4 Å². The molecule has 1 aromatic carbocycles. The Bertz CT molecular complexity index is 899. The number of amides is 1. The summed E-state index contributed by atoms with van der Waals surface area (Å²) in [5.41, 5.74) is 0. The molecule has 15 heteroatoms. The van der Waals surface area contributed by atoms with E-state index in [1.807, 2.05) is 0 Å². The summed E-state index contributed by atoms with van der Waals surface area (Å²) in [4.78, 5) is 12.2. The van der Waals surface area contributed by atoms with E-state index in [2.05, 4.69) is 9.46 Å². The van der Waals surface area contributed by atoms with Crippen molar-refractivity contribution < 1.29 is 53.4 Å². The summed E-state index contributed by atoms with van der Waals surface area (Å²) >= 11 is 0. The van der Waals surface area contributed by atoms with Gasteiger partial charge in [-0.05, 0) is 30.9 Å². The molecule has 0 unspecified atom stereocenters. The summed E-state index contributed by atoms with van der Waals surface area (Å²) in [5.74, 6) is -1.39. The number of nitrogens with zero attached hydrogens (tertiary/aromatic N) is 1. The van der Waals surface area contributed by atoms with Crippen molar-refractivity contribution in [3.8, 4) is 5.75 Å². The molecule has 2 rings (SSSR count). The minimum atomic E-state index is -5.81. The summed E-state index contributed by atoms with van der Waals surface area (Å²) in [6, 6.07) is 2.91. The zero-order valence-corrected chi connectivity index (χ0v) is 17.3. The lowest BCUT2D eigenvalue weighted by atomic mass is 9.97. The third-order valence-corrected chi connectivity index (χ3v) is 6.10. The predicted octanol–water partition coefficient (Wildman–Crippen LogP) is 3.45. The molecule has 0 bridgehead atoms. The van der Waals surface area contributed by atoms with Crippen LogP contribution in [0.4, 0.5) is 35.5 Å². The number of hydrogen-bond acceptors (Lipinski definition) is 5. The largest absolute Gasteiger partial charge is 0.494 e. The third kappa shape index (κ3) is 6.60. The molecular formula is C17H19F7N2O5S. The number of carbonyl (C=O) groups is 1. The molecule has 1 aromatic rings. The van der Waals surface area contributed by atoms with E-state index >= 15 is 0 Å². The topological polar surface area (TPSA) is 84.9 Å². The first-order valence-electron chi connectivity index (χ1n) is 9.07. The van der Waals surface area contributed by atoms with Crippen LogP contribution in [0.25, 0.3) is 0 Å². The second-order valence-electron chi connectivity index (χ2n) is 6.93. The molecular weight excluding hydrogens is 477 g/mol. The van der Waals surface area contributed by atoms with Gasteiger partial charge in [0.2, 0.25) is 10.0 Å². The molecule has 1 heterocycles. The van der Waals surface area contributed by atoms with Crippen molar-refractivity contribution in [2.45, 2.75) is 36.2 Å². The summed E-state index contributed by atoms with van der Waals surface area (Å²) in [6.45, 7) is -0.561. The van der Waals surface area contributed by atoms with Crippen molar-refractivity contribution >= 4 is 16.1 Å². The number of hydrogen-bond donors (Lipinski definition) is 1. The lowest BCUT2D eigenvalue weighted by molar-refractivity contribution is -0.308. The minimum absolute atomic E-state index is 0.104. The van der Waals surface area contributed by atoms with Crippen molar-refractivity contribution in [3.63, 3.8) is 0 Å². The quantitative estimate of drug-likeness (QED) is 0.610. The fraction of sp³-hybridized carbons (Fsp3) is 0.588. The third-order valence-electron chi connectivity index (χ3n) is 4.68. The predicted molar refractivity (Wildman–Crippen MR) is 94.8 cm³/mol. The van der Waals surface area contributed by atoms with Crippen LogP contribution in [-0.4, -0.2) is 64.6 Å². The van der Waals surface area contributed by atoms with E-state index in [0.717, 1.165) is 25.3 Å². The Morgan fingerprint density at radius 1 is 1.16 bits per heavy atom. The van der Waals surface area contributed by atoms with E-state index < -0.39 is 40.4 Å². The van der Waals surface area contributed by atoms with E-state index in [1.165, 1.54) is 0 Å². The molecule has 0 aromatic heterocycles. The van der Waals surface area contributed by atoms with Crippen molar-refractivity contribution in [1.29, 1.82) is 0 Å². The van der Waals surface area contributed by atoms with E-state index in [4.69, 9.17) is 4.74 Å². The molecule has 1 aliphatic heterocycles. The Morgan fingerprint density at radius 3 is 2.22 bits per heavy atom. The van der Waals surface area contributed by atoms with Gasteiger partial charge in [0, 0.05) is 25.7 Å². The van der Waals surface area contributed by atoms with Crippen LogP contribution in [0.2, 0.25) is 0 Å². The SMILES string of the molecule is COc1cc(S(=O)(=O)NCC2CCN(C(=O)OC(C(F)(F)F)C(F)(F)F)CC2)ccc1F. The molecule has 0 spiro atoms. The van der Waals surface area contributed by atoms with Gasteiger partial charge in [0.25, 0.3) is 6.10 Å². The van der Waals surface area contributed by atoms with E-state index in [0.29, 0.717) is 4.90 Å². The molecule has 7 nitrogen and oxygen atoms in total. The fourth-order valence-corrected chi connectivity index (χ4v) is 4.06. The number of nitrogens with one attached hydrogen (secondary N) is 1. The highest BCUT2D eigenvalue weighted by Gasteiger charge is 2.60. The van der Waals surface area contributed by atoms with Crippen molar-refractivity contribution in [1.82, 2.24) is 9.62 Å².